The fourth-order valence-corrected chi connectivity index (χ4v) is 1.50. The van der Waals surface area contributed by atoms with Gasteiger partial charge in [-0.2, -0.15) is 0 Å². The predicted octanol–water partition coefficient (Wildman–Crippen LogP) is 2.09. The third-order valence-corrected chi connectivity index (χ3v) is 2.31. The first-order chi connectivity index (χ1) is 6.69. The van der Waals surface area contributed by atoms with Gasteiger partial charge in [-0.05, 0) is 31.5 Å². The first-order valence-corrected chi connectivity index (χ1v) is 5.09. The molecule has 1 aromatic rings. The van der Waals surface area contributed by atoms with Gasteiger partial charge in [-0.15, -0.1) is 0 Å². The van der Waals surface area contributed by atoms with Crippen molar-refractivity contribution in [3.05, 3.63) is 18.2 Å². The van der Waals surface area contributed by atoms with E-state index in [9.17, 15) is 0 Å². The number of nitrogen functional groups attached to an aromatic ring is 2. The van der Waals surface area contributed by atoms with Gasteiger partial charge in [-0.1, -0.05) is 6.92 Å². The lowest BCUT2D eigenvalue weighted by Crippen LogP contribution is -2.23. The van der Waals surface area contributed by atoms with Gasteiger partial charge in [-0.3, -0.25) is 0 Å². The molecule has 0 fully saturated rings. The molecule has 0 saturated heterocycles. The van der Waals surface area contributed by atoms with Crippen LogP contribution in [-0.4, -0.2) is 13.1 Å². The largest absolute Gasteiger partial charge is 0.397 e. The van der Waals surface area contributed by atoms with Crippen molar-refractivity contribution in [3.63, 3.8) is 0 Å². The summed E-state index contributed by atoms with van der Waals surface area (Å²) in [7, 11) is 0. The minimum atomic E-state index is 0.654. The molecule has 0 aliphatic heterocycles. The molecule has 0 unspecified atom stereocenters. The Hall–Kier alpha value is -1.38. The zero-order chi connectivity index (χ0) is 10.6. The third kappa shape index (κ3) is 2.31. The zero-order valence-electron chi connectivity index (χ0n) is 8.96. The Morgan fingerprint density at radius 3 is 2.36 bits per heavy atom. The minimum absolute atomic E-state index is 0.654. The summed E-state index contributed by atoms with van der Waals surface area (Å²) in [6, 6.07) is 5.82. The molecule has 1 rings (SSSR count). The van der Waals surface area contributed by atoms with Crippen LogP contribution in [0.15, 0.2) is 18.2 Å². The number of rotatable bonds is 4. The van der Waals surface area contributed by atoms with Gasteiger partial charge in [0.2, 0.25) is 0 Å². The van der Waals surface area contributed by atoms with Crippen LogP contribution in [0.3, 0.4) is 0 Å². The minimum Gasteiger partial charge on any atom is -0.397 e. The number of nitrogens with two attached hydrogens (primary N) is 2. The Balaban J connectivity index is 2.88. The summed E-state index contributed by atoms with van der Waals surface area (Å²) >= 11 is 0. The van der Waals surface area contributed by atoms with E-state index in [0.29, 0.717) is 11.4 Å². The van der Waals surface area contributed by atoms with Gasteiger partial charge in [0.15, 0.2) is 0 Å². The van der Waals surface area contributed by atoms with Gasteiger partial charge in [0.1, 0.15) is 0 Å². The molecule has 0 aliphatic carbocycles. The Labute approximate surface area is 85.7 Å². The van der Waals surface area contributed by atoms with Crippen LogP contribution in [-0.2, 0) is 0 Å². The van der Waals surface area contributed by atoms with Crippen LogP contribution < -0.4 is 16.4 Å². The van der Waals surface area contributed by atoms with E-state index in [-0.39, 0.29) is 0 Å². The maximum atomic E-state index is 5.76. The van der Waals surface area contributed by atoms with E-state index >= 15 is 0 Å². The van der Waals surface area contributed by atoms with E-state index in [0.717, 1.165) is 25.2 Å². The number of hydrogen-bond acceptors (Lipinski definition) is 3. The average molecular weight is 193 g/mol. The lowest BCUT2D eigenvalue weighted by Gasteiger charge is -2.22. The Bertz CT molecular complexity index is 297. The Morgan fingerprint density at radius 2 is 1.86 bits per heavy atom. The molecule has 14 heavy (non-hydrogen) atoms. The highest BCUT2D eigenvalue weighted by Crippen LogP contribution is 2.22. The standard InChI is InChI=1S/C11H19N3/c1-3-7-14(4-2)9-5-6-10(12)11(13)8-9/h5-6,8H,3-4,7,12-13H2,1-2H3. The molecule has 3 nitrogen and oxygen atoms in total. The molecule has 0 radical (unpaired) electrons. The van der Waals surface area contributed by atoms with E-state index in [2.05, 4.69) is 18.7 Å². The van der Waals surface area contributed by atoms with Crippen molar-refractivity contribution < 1.29 is 0 Å². The normalized spacial score (nSPS) is 10.1. The second-order valence-electron chi connectivity index (χ2n) is 3.39. The molecular weight excluding hydrogens is 174 g/mol. The molecule has 0 aromatic heterocycles. The summed E-state index contributed by atoms with van der Waals surface area (Å²) in [6.45, 7) is 6.36. The summed E-state index contributed by atoms with van der Waals surface area (Å²) < 4.78 is 0. The smallest absolute Gasteiger partial charge is 0.0568 e. The van der Waals surface area contributed by atoms with Crippen molar-refractivity contribution in [2.24, 2.45) is 0 Å². The molecule has 1 aromatic carbocycles. The zero-order valence-corrected chi connectivity index (χ0v) is 8.96. The summed E-state index contributed by atoms with van der Waals surface area (Å²) in [5.74, 6) is 0. The maximum Gasteiger partial charge on any atom is 0.0568 e. The van der Waals surface area contributed by atoms with Crippen molar-refractivity contribution in [2.45, 2.75) is 20.3 Å². The average Bonchev–Trinajstić information content (AvgIpc) is 2.19. The fraction of sp³-hybridized carbons (Fsp3) is 0.455. The molecule has 78 valence electrons. The molecule has 0 amide bonds. The van der Waals surface area contributed by atoms with Gasteiger partial charge in [0.25, 0.3) is 0 Å². The van der Waals surface area contributed by atoms with Crippen LogP contribution in [0.1, 0.15) is 20.3 Å². The van der Waals surface area contributed by atoms with Gasteiger partial charge in [0, 0.05) is 18.8 Å². The van der Waals surface area contributed by atoms with E-state index in [1.165, 1.54) is 0 Å². The third-order valence-electron chi connectivity index (χ3n) is 2.31. The van der Waals surface area contributed by atoms with E-state index in [1.807, 2.05) is 18.2 Å². The van der Waals surface area contributed by atoms with Crippen LogP contribution in [0, 0.1) is 0 Å². The van der Waals surface area contributed by atoms with E-state index in [1.54, 1.807) is 0 Å². The molecule has 0 atom stereocenters. The van der Waals surface area contributed by atoms with Gasteiger partial charge < -0.3 is 16.4 Å². The molecule has 0 heterocycles. The summed E-state index contributed by atoms with van der Waals surface area (Å²) in [5, 5.41) is 0. The van der Waals surface area contributed by atoms with Crippen molar-refractivity contribution in [2.75, 3.05) is 29.5 Å². The highest BCUT2D eigenvalue weighted by Gasteiger charge is 2.04. The van der Waals surface area contributed by atoms with Gasteiger partial charge >= 0.3 is 0 Å². The van der Waals surface area contributed by atoms with Crippen molar-refractivity contribution >= 4 is 17.1 Å². The molecule has 0 bridgehead atoms. The molecule has 0 spiro atoms. The van der Waals surface area contributed by atoms with Gasteiger partial charge in [0.05, 0.1) is 11.4 Å². The van der Waals surface area contributed by atoms with Crippen LogP contribution >= 0.6 is 0 Å². The maximum absolute atomic E-state index is 5.76. The number of anilines is 3. The van der Waals surface area contributed by atoms with E-state index < -0.39 is 0 Å². The monoisotopic (exact) mass is 193 g/mol. The quantitative estimate of drug-likeness (QED) is 0.720. The molecule has 3 heteroatoms. The molecule has 0 aliphatic rings. The molecular formula is C11H19N3. The summed E-state index contributed by atoms with van der Waals surface area (Å²) in [5.41, 5.74) is 13.9. The number of nitrogens with zero attached hydrogens (tertiary/aromatic N) is 1. The Morgan fingerprint density at radius 1 is 1.14 bits per heavy atom. The summed E-state index contributed by atoms with van der Waals surface area (Å²) in [4.78, 5) is 2.29. The highest BCUT2D eigenvalue weighted by atomic mass is 15.1. The molecule has 4 N–H and O–H groups in total. The highest BCUT2D eigenvalue weighted by molar-refractivity contribution is 5.69. The fourth-order valence-electron chi connectivity index (χ4n) is 1.50. The first-order valence-electron chi connectivity index (χ1n) is 5.09. The van der Waals surface area contributed by atoms with Crippen LogP contribution in [0.4, 0.5) is 17.1 Å². The second-order valence-corrected chi connectivity index (χ2v) is 3.39. The lowest BCUT2D eigenvalue weighted by atomic mass is 10.2. The lowest BCUT2D eigenvalue weighted by molar-refractivity contribution is 0.792. The topological polar surface area (TPSA) is 55.3 Å². The van der Waals surface area contributed by atoms with Gasteiger partial charge in [-0.25, -0.2) is 0 Å². The first kappa shape index (κ1) is 10.7. The number of hydrogen-bond donors (Lipinski definition) is 2. The predicted molar refractivity (Wildman–Crippen MR) is 63.4 cm³/mol. The van der Waals surface area contributed by atoms with E-state index in [4.69, 9.17) is 11.5 Å². The van der Waals surface area contributed by atoms with Crippen LogP contribution in [0.5, 0.6) is 0 Å². The SMILES string of the molecule is CCCN(CC)c1ccc(N)c(N)c1. The van der Waals surface area contributed by atoms with Crippen LogP contribution in [0.25, 0.3) is 0 Å². The number of benzene rings is 1. The Kier molecular flexibility index (Phi) is 3.63. The van der Waals surface area contributed by atoms with Crippen molar-refractivity contribution in [1.29, 1.82) is 0 Å². The second kappa shape index (κ2) is 4.74. The van der Waals surface area contributed by atoms with Crippen molar-refractivity contribution in [1.82, 2.24) is 0 Å². The van der Waals surface area contributed by atoms with Crippen molar-refractivity contribution in [3.8, 4) is 0 Å². The molecule has 0 saturated carbocycles. The van der Waals surface area contributed by atoms with Crippen LogP contribution in [0.2, 0.25) is 0 Å². The summed E-state index contributed by atoms with van der Waals surface area (Å²) in [6.07, 6.45) is 1.14.